The molecule has 33 heavy (non-hydrogen) atoms. The minimum atomic E-state index is -0.390. The van der Waals surface area contributed by atoms with Crippen molar-refractivity contribution in [2.75, 3.05) is 28.6 Å². The third-order valence-corrected chi connectivity index (χ3v) is 5.92. The van der Waals surface area contributed by atoms with Gasteiger partial charge in [0.25, 0.3) is 0 Å². The molecule has 2 N–H and O–H groups in total. The van der Waals surface area contributed by atoms with Gasteiger partial charge in [-0.3, -0.25) is 9.59 Å². The molecule has 0 bridgehead atoms. The number of rotatable bonds is 5. The first kappa shape index (κ1) is 22.8. The maximum atomic E-state index is 13.4. The highest BCUT2D eigenvalue weighted by Crippen LogP contribution is 2.35. The molecule has 1 fully saturated rings. The molecule has 3 aromatic rings. The second kappa shape index (κ2) is 9.62. The summed E-state index contributed by atoms with van der Waals surface area (Å²) >= 11 is 6.05. The molecule has 0 aliphatic carbocycles. The molecule has 9 heteroatoms. The van der Waals surface area contributed by atoms with E-state index in [1.54, 1.807) is 28.9 Å². The Balaban J connectivity index is 1.55. The fraction of sp³-hybridized carbons (Fsp3) is 0.292. The van der Waals surface area contributed by atoms with E-state index in [0.29, 0.717) is 48.0 Å². The largest absolute Gasteiger partial charge is 0.355 e. The second-order valence-electron chi connectivity index (χ2n) is 8.11. The number of carbonyl (C=O) groups excluding carboxylic acids is 2. The first-order valence-electron chi connectivity index (χ1n) is 10.8. The Bertz CT molecular complexity index is 1170. The predicted octanol–water partition coefficient (Wildman–Crippen LogP) is 4.79. The van der Waals surface area contributed by atoms with E-state index < -0.39 is 0 Å². The Labute approximate surface area is 196 Å². The molecule has 1 aliphatic heterocycles. The van der Waals surface area contributed by atoms with Gasteiger partial charge in [0.2, 0.25) is 11.8 Å². The molecular formula is C24H25ClFN5O2. The van der Waals surface area contributed by atoms with E-state index in [0.717, 1.165) is 11.5 Å². The number of hydrogen-bond acceptors (Lipinski definition) is 4. The number of anilines is 3. The Morgan fingerprint density at radius 1 is 1.09 bits per heavy atom. The van der Waals surface area contributed by atoms with E-state index in [9.17, 15) is 14.0 Å². The summed E-state index contributed by atoms with van der Waals surface area (Å²) in [6, 6.07) is 13.2. The highest BCUT2D eigenvalue weighted by atomic mass is 35.5. The molecule has 0 atom stereocenters. The van der Waals surface area contributed by atoms with E-state index >= 15 is 0 Å². The number of carbonyl (C=O) groups is 2. The molecule has 172 valence electrons. The van der Waals surface area contributed by atoms with Crippen molar-refractivity contribution in [2.24, 2.45) is 5.92 Å². The van der Waals surface area contributed by atoms with Gasteiger partial charge in [0.15, 0.2) is 5.82 Å². The van der Waals surface area contributed by atoms with E-state index in [1.165, 1.54) is 19.1 Å². The average Bonchev–Trinajstić information content (AvgIpc) is 3.09. The fourth-order valence-electron chi connectivity index (χ4n) is 4.06. The molecule has 0 spiro atoms. The van der Waals surface area contributed by atoms with Crippen molar-refractivity contribution in [1.82, 2.24) is 9.78 Å². The van der Waals surface area contributed by atoms with Gasteiger partial charge in [0.1, 0.15) is 11.5 Å². The number of nitrogens with one attached hydrogen (secondary N) is 2. The summed E-state index contributed by atoms with van der Waals surface area (Å²) in [5, 5.41) is 11.0. The molecule has 2 aromatic carbocycles. The maximum Gasteiger partial charge on any atom is 0.227 e. The first-order chi connectivity index (χ1) is 15.8. The topological polar surface area (TPSA) is 79.3 Å². The molecule has 2 amide bonds. The van der Waals surface area contributed by atoms with Gasteiger partial charge < -0.3 is 15.5 Å². The molecular weight excluding hydrogens is 445 g/mol. The van der Waals surface area contributed by atoms with Crippen molar-refractivity contribution in [2.45, 2.75) is 26.7 Å². The quantitative estimate of drug-likeness (QED) is 0.563. The summed E-state index contributed by atoms with van der Waals surface area (Å²) in [5.41, 5.74) is 2.62. The Hall–Kier alpha value is -3.39. The van der Waals surface area contributed by atoms with Crippen LogP contribution in [0.15, 0.2) is 48.5 Å². The zero-order valence-corrected chi connectivity index (χ0v) is 19.2. The van der Waals surface area contributed by atoms with E-state index in [1.807, 2.05) is 19.1 Å². The van der Waals surface area contributed by atoms with Gasteiger partial charge in [0.05, 0.1) is 11.4 Å². The molecule has 1 aromatic heterocycles. The maximum absolute atomic E-state index is 13.4. The van der Waals surface area contributed by atoms with E-state index in [-0.39, 0.29) is 23.5 Å². The van der Waals surface area contributed by atoms with Crippen LogP contribution in [0.1, 0.15) is 25.5 Å². The van der Waals surface area contributed by atoms with Gasteiger partial charge in [-0.2, -0.15) is 5.10 Å². The lowest BCUT2D eigenvalue weighted by Gasteiger charge is -2.33. The van der Waals surface area contributed by atoms with Gasteiger partial charge in [-0.05, 0) is 62.2 Å². The normalized spacial score (nSPS) is 14.2. The number of nitrogens with zero attached hydrogens (tertiary/aromatic N) is 3. The summed E-state index contributed by atoms with van der Waals surface area (Å²) in [6.07, 6.45) is 1.23. The Morgan fingerprint density at radius 2 is 1.79 bits per heavy atom. The molecule has 0 unspecified atom stereocenters. The molecule has 1 aliphatic rings. The zero-order chi connectivity index (χ0) is 23.5. The van der Waals surface area contributed by atoms with Crippen LogP contribution >= 0.6 is 11.6 Å². The van der Waals surface area contributed by atoms with Crippen molar-refractivity contribution >= 4 is 40.6 Å². The minimum Gasteiger partial charge on any atom is -0.355 e. The lowest BCUT2D eigenvalue weighted by Crippen LogP contribution is -2.39. The van der Waals surface area contributed by atoms with Gasteiger partial charge in [0, 0.05) is 36.6 Å². The van der Waals surface area contributed by atoms with Crippen LogP contribution in [0.3, 0.4) is 0 Å². The first-order valence-corrected chi connectivity index (χ1v) is 11.1. The van der Waals surface area contributed by atoms with Gasteiger partial charge in [-0.15, -0.1) is 0 Å². The van der Waals surface area contributed by atoms with E-state index in [4.69, 9.17) is 11.6 Å². The Kier molecular flexibility index (Phi) is 6.65. The molecule has 0 saturated carbocycles. The number of amides is 2. The van der Waals surface area contributed by atoms with Gasteiger partial charge in [-0.1, -0.05) is 17.7 Å². The van der Waals surface area contributed by atoms with E-state index in [2.05, 4.69) is 20.6 Å². The number of aromatic nitrogens is 2. The number of benzene rings is 2. The van der Waals surface area contributed by atoms with Gasteiger partial charge in [-0.25, -0.2) is 9.07 Å². The zero-order valence-electron chi connectivity index (χ0n) is 18.4. The molecule has 4 rings (SSSR count). The third-order valence-electron chi connectivity index (χ3n) is 5.67. The van der Waals surface area contributed by atoms with Crippen molar-refractivity contribution < 1.29 is 14.0 Å². The van der Waals surface area contributed by atoms with Gasteiger partial charge >= 0.3 is 0 Å². The standard InChI is InChI=1S/C24H25ClFN5O2/c1-15-22(27-16(2)32)24(31(29-15)21-8-6-18(25)7-9-21)30-12-10-17(11-13-30)23(33)28-20-5-3-4-19(26)14-20/h3-9,14,17H,10-13H2,1-2H3,(H,27,32)(H,28,33). The van der Waals surface area contributed by atoms with Crippen LogP contribution in [-0.4, -0.2) is 34.7 Å². The van der Waals surface area contributed by atoms with Crippen LogP contribution in [0, 0.1) is 18.7 Å². The lowest BCUT2D eigenvalue weighted by atomic mass is 9.95. The fourth-order valence-corrected chi connectivity index (χ4v) is 4.18. The van der Waals surface area contributed by atoms with Crippen molar-refractivity contribution in [1.29, 1.82) is 0 Å². The number of piperidine rings is 1. The molecule has 1 saturated heterocycles. The lowest BCUT2D eigenvalue weighted by molar-refractivity contribution is -0.120. The van der Waals surface area contributed by atoms with Crippen LogP contribution in [0.4, 0.5) is 21.6 Å². The highest BCUT2D eigenvalue weighted by molar-refractivity contribution is 6.30. The predicted molar refractivity (Wildman–Crippen MR) is 128 cm³/mol. The molecule has 2 heterocycles. The number of halogens is 2. The van der Waals surface area contributed by atoms with Crippen LogP contribution in [0.5, 0.6) is 0 Å². The highest BCUT2D eigenvalue weighted by Gasteiger charge is 2.30. The summed E-state index contributed by atoms with van der Waals surface area (Å²) in [6.45, 7) is 4.52. The van der Waals surface area contributed by atoms with Crippen molar-refractivity contribution in [3.8, 4) is 5.69 Å². The van der Waals surface area contributed by atoms with Crippen molar-refractivity contribution in [3.63, 3.8) is 0 Å². The molecule has 7 nitrogen and oxygen atoms in total. The second-order valence-corrected chi connectivity index (χ2v) is 8.55. The summed E-state index contributed by atoms with van der Waals surface area (Å²) in [4.78, 5) is 26.7. The van der Waals surface area contributed by atoms with Crippen LogP contribution < -0.4 is 15.5 Å². The Morgan fingerprint density at radius 3 is 2.42 bits per heavy atom. The summed E-state index contributed by atoms with van der Waals surface area (Å²) in [7, 11) is 0. The summed E-state index contributed by atoms with van der Waals surface area (Å²) in [5.74, 6) is -0.112. The summed E-state index contributed by atoms with van der Waals surface area (Å²) < 4.78 is 15.2. The number of aryl methyl sites for hydroxylation is 1. The van der Waals surface area contributed by atoms with Crippen LogP contribution in [0.2, 0.25) is 5.02 Å². The van der Waals surface area contributed by atoms with Crippen LogP contribution in [-0.2, 0) is 9.59 Å². The van der Waals surface area contributed by atoms with Crippen LogP contribution in [0.25, 0.3) is 5.69 Å². The smallest absolute Gasteiger partial charge is 0.227 e. The SMILES string of the molecule is CC(=O)Nc1c(C)nn(-c2ccc(Cl)cc2)c1N1CCC(C(=O)Nc2cccc(F)c2)CC1. The van der Waals surface area contributed by atoms with Crippen molar-refractivity contribution in [3.05, 3.63) is 65.1 Å². The monoisotopic (exact) mass is 469 g/mol. The molecule has 0 radical (unpaired) electrons. The third kappa shape index (κ3) is 5.17. The average molecular weight is 470 g/mol. The number of hydrogen-bond donors (Lipinski definition) is 2. The minimum absolute atomic E-state index is 0.121.